The molecule has 12 nitrogen and oxygen atoms in total. The van der Waals surface area contributed by atoms with Gasteiger partial charge in [-0.1, -0.05) is 54.1 Å². The molecule has 0 saturated carbocycles. The van der Waals surface area contributed by atoms with Crippen LogP contribution in [0.15, 0.2) is 90.1 Å². The summed E-state index contributed by atoms with van der Waals surface area (Å²) in [5.41, 5.74) is 2.27. The van der Waals surface area contributed by atoms with Crippen LogP contribution in [0.5, 0.6) is 5.75 Å². The minimum atomic E-state index is -0.859. The molecule has 0 aliphatic carbocycles. The van der Waals surface area contributed by atoms with Gasteiger partial charge in [0, 0.05) is 68.9 Å². The molecule has 2 saturated heterocycles. The highest BCUT2D eigenvalue weighted by Gasteiger charge is 2.32. The molecule has 5 aromatic rings. The second-order valence-corrected chi connectivity index (χ2v) is 15.8. The van der Waals surface area contributed by atoms with Crippen LogP contribution in [0, 0.1) is 5.92 Å². The van der Waals surface area contributed by atoms with Gasteiger partial charge in [0.1, 0.15) is 24.9 Å². The number of rotatable bonds is 14. The van der Waals surface area contributed by atoms with E-state index in [4.69, 9.17) is 16.3 Å². The van der Waals surface area contributed by atoms with Gasteiger partial charge in [0.25, 0.3) is 5.56 Å². The number of carbonyl (C=O) groups excluding carboxylic acids is 2. The number of aromatic nitrogens is 3. The maximum absolute atomic E-state index is 13.0. The van der Waals surface area contributed by atoms with E-state index < -0.39 is 5.60 Å². The van der Waals surface area contributed by atoms with Gasteiger partial charge in [-0.2, -0.15) is 0 Å². The van der Waals surface area contributed by atoms with Crippen LogP contribution >= 0.6 is 11.6 Å². The first-order valence-electron chi connectivity index (χ1n) is 20.2. The van der Waals surface area contributed by atoms with Crippen molar-refractivity contribution in [3.8, 4) is 5.75 Å². The van der Waals surface area contributed by atoms with E-state index >= 15 is 0 Å². The summed E-state index contributed by atoms with van der Waals surface area (Å²) in [6.07, 6.45) is 9.27. The third-order valence-corrected chi connectivity index (χ3v) is 11.2. The summed E-state index contributed by atoms with van der Waals surface area (Å²) in [7, 11) is 6.14. The monoisotopic (exact) mass is 811 g/mol. The molecule has 13 heteroatoms. The average Bonchev–Trinajstić information content (AvgIpc) is 3.24. The van der Waals surface area contributed by atoms with E-state index in [1.807, 2.05) is 37.4 Å². The van der Waals surface area contributed by atoms with Crippen molar-refractivity contribution in [1.82, 2.24) is 34.6 Å². The number of pyridine rings is 1. The highest BCUT2D eigenvalue weighted by molar-refractivity contribution is 6.35. The van der Waals surface area contributed by atoms with Gasteiger partial charge in [-0.3, -0.25) is 24.0 Å². The zero-order valence-corrected chi connectivity index (χ0v) is 34.8. The molecular weight excluding hydrogens is 754 g/mol. The quantitative estimate of drug-likeness (QED) is 0.113. The predicted molar refractivity (Wildman–Crippen MR) is 232 cm³/mol. The number of halogens is 1. The first kappa shape index (κ1) is 44.5. The number of nitrogens with one attached hydrogen (secondary N) is 1. The molecule has 2 aromatic heterocycles. The average molecular weight is 812 g/mol. The summed E-state index contributed by atoms with van der Waals surface area (Å²) in [6.45, 7) is 8.69. The Morgan fingerprint density at radius 3 is 2.34 bits per heavy atom. The second kappa shape index (κ2) is 22.6. The van der Waals surface area contributed by atoms with E-state index in [0.29, 0.717) is 46.7 Å². The Bertz CT molecular complexity index is 2100. The van der Waals surface area contributed by atoms with Crippen LogP contribution in [0.4, 0.5) is 0 Å². The van der Waals surface area contributed by atoms with Crippen molar-refractivity contribution in [3.05, 3.63) is 112 Å². The van der Waals surface area contributed by atoms with Crippen LogP contribution in [0.3, 0.4) is 0 Å². The number of piperazine rings is 1. The molecule has 7 rings (SSSR count). The molecule has 2 aliphatic rings. The summed E-state index contributed by atoms with van der Waals surface area (Å²) >= 11 is 5.92. The highest BCUT2D eigenvalue weighted by Crippen LogP contribution is 2.24. The summed E-state index contributed by atoms with van der Waals surface area (Å²) in [5, 5.41) is 16.1. The van der Waals surface area contributed by atoms with Crippen LogP contribution in [-0.2, 0) is 17.8 Å². The Labute approximate surface area is 346 Å². The number of fused-ring (bicyclic) bond motifs is 2. The number of hydrogen-bond acceptors (Lipinski definition) is 11. The standard InChI is InChI=1S/C22H33N5O3.C13H19NO.C10H6ClNO/c1-24-7-5-22(29,6-8-24)16-27-17-23-20-4-3-18(15-19(20)21(27)28)30-14-13-26-11-9-25(2)10-12-26;1-14-9-5-8-13(11-15)10-12-6-3-2-4-7-12;11-9-3-4-12-10-5-7(6-13)1-2-8(9)10/h3-4,15,17,29H,5-14,16H2,1-2H3;2-4,6-7,11,13-14H,5,8-10H2,1H3;1-6H. The van der Waals surface area contributed by atoms with Gasteiger partial charge in [0.15, 0.2) is 0 Å². The first-order chi connectivity index (χ1) is 28.1. The van der Waals surface area contributed by atoms with E-state index in [9.17, 15) is 19.5 Å². The van der Waals surface area contributed by atoms with Gasteiger partial charge < -0.3 is 29.8 Å². The topological polar surface area (TPSA) is 133 Å². The van der Waals surface area contributed by atoms with Crippen LogP contribution in [0.1, 0.15) is 41.6 Å². The van der Waals surface area contributed by atoms with E-state index in [-0.39, 0.29) is 18.0 Å². The number of aliphatic hydroxyl groups is 1. The van der Waals surface area contributed by atoms with Crippen molar-refractivity contribution in [2.45, 2.75) is 44.2 Å². The van der Waals surface area contributed by atoms with E-state index in [0.717, 1.165) is 95.1 Å². The molecule has 0 amide bonds. The molecule has 0 radical (unpaired) electrons. The molecule has 2 N–H and O–H groups in total. The third kappa shape index (κ3) is 13.5. The first-order valence-corrected chi connectivity index (χ1v) is 20.5. The number of likely N-dealkylation sites (tertiary alicyclic amines) is 1. The van der Waals surface area contributed by atoms with Gasteiger partial charge in [-0.25, -0.2) is 4.98 Å². The molecule has 2 fully saturated rings. The molecule has 4 heterocycles. The molecule has 0 bridgehead atoms. The van der Waals surface area contributed by atoms with Crippen LogP contribution in [-0.4, -0.2) is 133 Å². The minimum Gasteiger partial charge on any atom is -0.492 e. The van der Waals surface area contributed by atoms with E-state index in [2.05, 4.69) is 56.2 Å². The van der Waals surface area contributed by atoms with Gasteiger partial charge in [-0.15, -0.1) is 0 Å². The van der Waals surface area contributed by atoms with Gasteiger partial charge in [0.05, 0.1) is 39.9 Å². The lowest BCUT2D eigenvalue weighted by Crippen LogP contribution is -2.47. The van der Waals surface area contributed by atoms with Crippen molar-refractivity contribution < 1.29 is 19.4 Å². The molecule has 58 heavy (non-hydrogen) atoms. The van der Waals surface area contributed by atoms with Crippen molar-refractivity contribution >= 4 is 46.0 Å². The maximum atomic E-state index is 13.0. The Kier molecular flexibility index (Phi) is 17.3. The Morgan fingerprint density at radius 2 is 1.64 bits per heavy atom. The highest BCUT2D eigenvalue weighted by atomic mass is 35.5. The fourth-order valence-electron chi connectivity index (χ4n) is 7.09. The molecule has 0 spiro atoms. The number of nitrogens with zero attached hydrogens (tertiary/aromatic N) is 6. The zero-order chi connectivity index (χ0) is 41.3. The van der Waals surface area contributed by atoms with Gasteiger partial charge in [-0.05, 0) is 95.7 Å². The SMILES string of the molecule is CN1CCN(CCOc2ccc3ncn(CC4(O)CCN(C)CC4)c(=O)c3c2)CC1.CNCCCC(C=O)Cc1ccccc1.O=Cc1ccc2c(Cl)ccnc2c1. The fourth-order valence-corrected chi connectivity index (χ4v) is 7.31. The van der Waals surface area contributed by atoms with Gasteiger partial charge in [0.2, 0.25) is 0 Å². The Hall–Kier alpha value is -4.56. The van der Waals surface area contributed by atoms with Crippen LogP contribution in [0.25, 0.3) is 21.8 Å². The number of aldehydes is 2. The normalized spacial score (nSPS) is 16.4. The summed E-state index contributed by atoms with van der Waals surface area (Å²) in [4.78, 5) is 49.9. The number of ether oxygens (including phenoxy) is 1. The third-order valence-electron chi connectivity index (χ3n) is 10.8. The van der Waals surface area contributed by atoms with Crippen molar-refractivity contribution in [1.29, 1.82) is 0 Å². The van der Waals surface area contributed by atoms with E-state index in [1.54, 1.807) is 47.4 Å². The van der Waals surface area contributed by atoms with Crippen LogP contribution < -0.4 is 15.6 Å². The summed E-state index contributed by atoms with van der Waals surface area (Å²) in [6, 6.07) is 22.6. The minimum absolute atomic E-state index is 0.128. The largest absolute Gasteiger partial charge is 0.492 e. The van der Waals surface area contributed by atoms with Crippen LogP contribution in [0.2, 0.25) is 5.02 Å². The van der Waals surface area contributed by atoms with Crippen molar-refractivity contribution in [3.63, 3.8) is 0 Å². The van der Waals surface area contributed by atoms with Crippen molar-refractivity contribution in [2.24, 2.45) is 5.92 Å². The second-order valence-electron chi connectivity index (χ2n) is 15.4. The molecule has 1 unspecified atom stereocenters. The van der Waals surface area contributed by atoms with Gasteiger partial charge >= 0.3 is 0 Å². The number of benzene rings is 3. The number of carbonyl (C=O) groups is 2. The zero-order valence-electron chi connectivity index (χ0n) is 34.1. The lowest BCUT2D eigenvalue weighted by Gasteiger charge is -2.36. The Balaban J connectivity index is 0.000000190. The maximum Gasteiger partial charge on any atom is 0.261 e. The molecule has 310 valence electrons. The lowest BCUT2D eigenvalue weighted by molar-refractivity contribution is -0.111. The van der Waals surface area contributed by atoms with Crippen molar-refractivity contribution in [2.75, 3.05) is 80.1 Å². The number of piperidine rings is 1. The fraction of sp³-hybridized carbons (Fsp3) is 0.444. The molecule has 3 aromatic carbocycles. The van der Waals surface area contributed by atoms with E-state index in [1.165, 1.54) is 5.56 Å². The Morgan fingerprint density at radius 1 is 0.897 bits per heavy atom. The smallest absolute Gasteiger partial charge is 0.261 e. The molecule has 2 aliphatic heterocycles. The molecule has 1 atom stereocenters. The summed E-state index contributed by atoms with van der Waals surface area (Å²) < 4.78 is 7.48. The summed E-state index contributed by atoms with van der Waals surface area (Å²) in [5.74, 6) is 0.854. The number of likely N-dealkylation sites (N-methyl/N-ethyl adjacent to an activating group) is 1. The lowest BCUT2D eigenvalue weighted by atomic mass is 9.91. The molecular formula is C45H58ClN7O5. The number of hydrogen-bond donors (Lipinski definition) is 2. The predicted octanol–water partition coefficient (Wildman–Crippen LogP) is 5.22.